The van der Waals surface area contributed by atoms with Crippen molar-refractivity contribution >= 4 is 28.9 Å². The molecule has 0 fully saturated rings. The average molecular weight is 292 g/mol. The molecule has 0 N–H and O–H groups in total. The first-order chi connectivity index (χ1) is 9.20. The number of ether oxygens (including phenoxy) is 1. The van der Waals surface area contributed by atoms with Crippen molar-refractivity contribution in [3.05, 3.63) is 50.9 Å². The van der Waals surface area contributed by atoms with Crippen LogP contribution in [0.1, 0.15) is 27.2 Å². The third kappa shape index (κ3) is 3.57. The highest BCUT2D eigenvalue weighted by atomic mass is 35.5. The van der Waals surface area contributed by atoms with Crippen LogP contribution in [0.5, 0.6) is 0 Å². The van der Waals surface area contributed by atoms with Crippen LogP contribution in [-0.4, -0.2) is 17.6 Å². The van der Waals surface area contributed by atoms with E-state index in [1.165, 1.54) is 17.5 Å². The third-order valence-electron chi connectivity index (χ3n) is 2.16. The average Bonchev–Trinajstić information content (AvgIpc) is 2.87. The van der Waals surface area contributed by atoms with Gasteiger partial charge in [0.15, 0.2) is 5.01 Å². The SMILES string of the molecule is CCOC(=O)c1cnc(C#Cc2ccccc2Cl)s1. The summed E-state index contributed by atoms with van der Waals surface area (Å²) < 4.78 is 4.89. The first kappa shape index (κ1) is 13.6. The number of hydrogen-bond donors (Lipinski definition) is 0. The van der Waals surface area contributed by atoms with E-state index in [1.807, 2.05) is 18.2 Å². The Balaban J connectivity index is 2.17. The van der Waals surface area contributed by atoms with Crippen LogP contribution in [0.2, 0.25) is 5.02 Å². The van der Waals surface area contributed by atoms with E-state index in [2.05, 4.69) is 16.8 Å². The molecule has 0 bridgehead atoms. The van der Waals surface area contributed by atoms with Gasteiger partial charge in [-0.3, -0.25) is 0 Å². The van der Waals surface area contributed by atoms with Gasteiger partial charge in [-0.1, -0.05) is 41.0 Å². The number of esters is 1. The fourth-order valence-corrected chi connectivity index (χ4v) is 2.16. The largest absolute Gasteiger partial charge is 0.462 e. The van der Waals surface area contributed by atoms with E-state index < -0.39 is 0 Å². The lowest BCUT2D eigenvalue weighted by atomic mass is 10.2. The van der Waals surface area contributed by atoms with Crippen LogP contribution >= 0.6 is 22.9 Å². The van der Waals surface area contributed by atoms with E-state index in [4.69, 9.17) is 16.3 Å². The number of thiazole rings is 1. The van der Waals surface area contributed by atoms with Gasteiger partial charge in [0, 0.05) is 5.56 Å². The minimum Gasteiger partial charge on any atom is -0.462 e. The van der Waals surface area contributed by atoms with E-state index >= 15 is 0 Å². The molecule has 2 aromatic rings. The molecule has 0 aliphatic rings. The van der Waals surface area contributed by atoms with Gasteiger partial charge in [0.05, 0.1) is 17.8 Å². The predicted molar refractivity (Wildman–Crippen MR) is 75.5 cm³/mol. The summed E-state index contributed by atoms with van der Waals surface area (Å²) in [6, 6.07) is 7.31. The highest BCUT2D eigenvalue weighted by Crippen LogP contribution is 2.15. The summed E-state index contributed by atoms with van der Waals surface area (Å²) in [4.78, 5) is 16.0. The minimum absolute atomic E-state index is 0.345. The molecule has 1 aromatic heterocycles. The molecule has 5 heteroatoms. The lowest BCUT2D eigenvalue weighted by molar-refractivity contribution is 0.0532. The van der Waals surface area contributed by atoms with Crippen molar-refractivity contribution in [1.29, 1.82) is 0 Å². The molecule has 0 saturated heterocycles. The van der Waals surface area contributed by atoms with E-state index in [9.17, 15) is 4.79 Å². The highest BCUT2D eigenvalue weighted by Gasteiger charge is 2.09. The number of carbonyl (C=O) groups is 1. The van der Waals surface area contributed by atoms with Crippen molar-refractivity contribution in [1.82, 2.24) is 4.98 Å². The second-order valence-corrected chi connectivity index (χ2v) is 4.92. The van der Waals surface area contributed by atoms with E-state index in [1.54, 1.807) is 13.0 Å². The van der Waals surface area contributed by atoms with Gasteiger partial charge in [-0.25, -0.2) is 9.78 Å². The smallest absolute Gasteiger partial charge is 0.349 e. The Labute approximate surface area is 120 Å². The van der Waals surface area contributed by atoms with Crippen LogP contribution in [-0.2, 0) is 4.74 Å². The molecule has 0 aliphatic heterocycles. The van der Waals surface area contributed by atoms with Crippen molar-refractivity contribution in [2.45, 2.75) is 6.92 Å². The van der Waals surface area contributed by atoms with Crippen LogP contribution in [0, 0.1) is 11.8 Å². The molecule has 0 unspecified atom stereocenters. The van der Waals surface area contributed by atoms with Crippen LogP contribution in [0.3, 0.4) is 0 Å². The molecule has 0 spiro atoms. The number of hydrogen-bond acceptors (Lipinski definition) is 4. The number of benzene rings is 1. The summed E-state index contributed by atoms with van der Waals surface area (Å²) in [5, 5.41) is 1.15. The Bertz CT molecular complexity index is 655. The van der Waals surface area contributed by atoms with Gasteiger partial charge < -0.3 is 4.74 Å². The summed E-state index contributed by atoms with van der Waals surface area (Å²) in [6.07, 6.45) is 1.47. The van der Waals surface area contributed by atoms with Gasteiger partial charge in [-0.05, 0) is 25.0 Å². The van der Waals surface area contributed by atoms with E-state index in [0.717, 1.165) is 5.56 Å². The minimum atomic E-state index is -0.370. The van der Waals surface area contributed by atoms with Crippen molar-refractivity contribution in [3.63, 3.8) is 0 Å². The topological polar surface area (TPSA) is 39.2 Å². The molecule has 0 saturated carbocycles. The second-order valence-electron chi connectivity index (χ2n) is 3.48. The molecule has 1 heterocycles. The fraction of sp³-hybridized carbons (Fsp3) is 0.143. The number of rotatable bonds is 2. The Morgan fingerprint density at radius 1 is 1.42 bits per heavy atom. The summed E-state index contributed by atoms with van der Waals surface area (Å²) in [5.41, 5.74) is 0.733. The van der Waals surface area contributed by atoms with Crippen molar-refractivity contribution < 1.29 is 9.53 Å². The first-order valence-corrected chi connectivity index (χ1v) is 6.79. The lowest BCUT2D eigenvalue weighted by Gasteiger charge is -1.95. The monoisotopic (exact) mass is 291 g/mol. The summed E-state index contributed by atoms with van der Waals surface area (Å²) in [7, 11) is 0. The number of nitrogens with zero attached hydrogens (tertiary/aromatic N) is 1. The zero-order valence-corrected chi connectivity index (χ0v) is 11.7. The zero-order valence-electron chi connectivity index (χ0n) is 10.1. The molecule has 0 aliphatic carbocycles. The maximum atomic E-state index is 11.5. The Kier molecular flexibility index (Phi) is 4.56. The molecule has 2 rings (SSSR count). The first-order valence-electron chi connectivity index (χ1n) is 5.60. The molecule has 96 valence electrons. The van der Waals surface area contributed by atoms with Crippen LogP contribution < -0.4 is 0 Å². The van der Waals surface area contributed by atoms with Crippen LogP contribution in [0.15, 0.2) is 30.5 Å². The lowest BCUT2D eigenvalue weighted by Crippen LogP contribution is -2.01. The molecular weight excluding hydrogens is 282 g/mol. The number of carbonyl (C=O) groups excluding carboxylic acids is 1. The fourth-order valence-electron chi connectivity index (χ4n) is 1.31. The second kappa shape index (κ2) is 6.37. The zero-order chi connectivity index (χ0) is 13.7. The Morgan fingerprint density at radius 3 is 2.95 bits per heavy atom. The summed E-state index contributed by atoms with van der Waals surface area (Å²) in [6.45, 7) is 2.11. The molecule has 0 radical (unpaired) electrons. The Morgan fingerprint density at radius 2 is 2.21 bits per heavy atom. The van der Waals surface area contributed by atoms with Crippen LogP contribution in [0.4, 0.5) is 0 Å². The summed E-state index contributed by atoms with van der Waals surface area (Å²) in [5.74, 6) is 5.44. The van der Waals surface area contributed by atoms with E-state index in [0.29, 0.717) is 21.5 Å². The van der Waals surface area contributed by atoms with E-state index in [-0.39, 0.29) is 5.97 Å². The third-order valence-corrected chi connectivity index (χ3v) is 3.38. The Hall–Kier alpha value is -1.83. The van der Waals surface area contributed by atoms with Gasteiger partial charge in [0.25, 0.3) is 0 Å². The van der Waals surface area contributed by atoms with Crippen LogP contribution in [0.25, 0.3) is 0 Å². The van der Waals surface area contributed by atoms with Gasteiger partial charge in [0.2, 0.25) is 0 Å². The van der Waals surface area contributed by atoms with Gasteiger partial charge in [0.1, 0.15) is 4.88 Å². The maximum absolute atomic E-state index is 11.5. The standard InChI is InChI=1S/C14H10ClNO2S/c1-2-18-14(17)12-9-16-13(19-12)8-7-10-5-3-4-6-11(10)15/h3-6,9H,2H2,1H3. The van der Waals surface area contributed by atoms with Gasteiger partial charge >= 0.3 is 5.97 Å². The quantitative estimate of drug-likeness (QED) is 0.629. The van der Waals surface area contributed by atoms with Crippen molar-refractivity contribution in [2.24, 2.45) is 0 Å². The molecule has 19 heavy (non-hydrogen) atoms. The van der Waals surface area contributed by atoms with Crippen molar-refractivity contribution in [2.75, 3.05) is 6.61 Å². The van der Waals surface area contributed by atoms with Gasteiger partial charge in [-0.2, -0.15) is 0 Å². The molecule has 0 atom stereocenters. The molecular formula is C14H10ClNO2S. The van der Waals surface area contributed by atoms with Crippen molar-refractivity contribution in [3.8, 4) is 11.8 Å². The molecule has 3 nitrogen and oxygen atoms in total. The molecule has 1 aromatic carbocycles. The highest BCUT2D eigenvalue weighted by molar-refractivity contribution is 7.14. The van der Waals surface area contributed by atoms with Gasteiger partial charge in [-0.15, -0.1) is 0 Å². The normalized spacial score (nSPS) is 9.58. The predicted octanol–water partition coefficient (Wildman–Crippen LogP) is 3.37. The summed E-state index contributed by atoms with van der Waals surface area (Å²) >= 11 is 7.20. The number of aromatic nitrogens is 1. The number of halogens is 1. The maximum Gasteiger partial charge on any atom is 0.349 e. The molecule has 0 amide bonds.